The van der Waals surface area contributed by atoms with Gasteiger partial charge in [-0.05, 0) is 25.1 Å². The molecule has 2 aromatic heterocycles. The molecule has 0 radical (unpaired) electrons. The lowest BCUT2D eigenvalue weighted by atomic mass is 10.1. The lowest BCUT2D eigenvalue weighted by Gasteiger charge is -2.18. The van der Waals surface area contributed by atoms with Gasteiger partial charge in [-0.3, -0.25) is 29.1 Å². The van der Waals surface area contributed by atoms with Gasteiger partial charge in [0.25, 0.3) is 11.6 Å². The standard InChI is InChI=1S/C16H14N4O6/c1-9-6-10-12(7-11(9)20(24)25)19(16(23)14(21)17-10)8-18(2)15(22)13-4-3-5-26-13/h3-7H,8H2,1-2H3,(H,17,21). The Bertz CT molecular complexity index is 1130. The second-order valence-corrected chi connectivity index (χ2v) is 5.72. The third-order valence-corrected chi connectivity index (χ3v) is 3.92. The summed E-state index contributed by atoms with van der Waals surface area (Å²) in [5, 5.41) is 11.2. The highest BCUT2D eigenvalue weighted by Crippen LogP contribution is 2.23. The molecule has 0 aliphatic carbocycles. The fourth-order valence-electron chi connectivity index (χ4n) is 2.62. The minimum atomic E-state index is -0.922. The van der Waals surface area contributed by atoms with E-state index in [9.17, 15) is 24.5 Å². The number of aromatic amines is 1. The first-order valence-corrected chi connectivity index (χ1v) is 7.50. The fourth-order valence-corrected chi connectivity index (χ4v) is 2.62. The Labute approximate surface area is 145 Å². The molecule has 10 nitrogen and oxygen atoms in total. The van der Waals surface area contributed by atoms with Crippen LogP contribution in [0.15, 0.2) is 44.5 Å². The maximum absolute atomic E-state index is 12.3. The number of nitro benzene ring substituents is 1. The van der Waals surface area contributed by atoms with Gasteiger partial charge < -0.3 is 14.3 Å². The minimum absolute atomic E-state index is 0.0662. The molecule has 2 heterocycles. The third-order valence-electron chi connectivity index (χ3n) is 3.92. The minimum Gasteiger partial charge on any atom is -0.459 e. The normalized spacial score (nSPS) is 10.8. The number of benzene rings is 1. The number of carbonyl (C=O) groups is 1. The molecule has 0 spiro atoms. The fraction of sp³-hybridized carbons (Fsp3) is 0.188. The number of nitrogens with zero attached hydrogens (tertiary/aromatic N) is 3. The van der Waals surface area contributed by atoms with E-state index in [1.165, 1.54) is 43.3 Å². The molecule has 26 heavy (non-hydrogen) atoms. The van der Waals surface area contributed by atoms with Gasteiger partial charge >= 0.3 is 11.1 Å². The molecule has 1 amide bonds. The molecule has 0 aliphatic heterocycles. The van der Waals surface area contributed by atoms with E-state index in [2.05, 4.69) is 4.98 Å². The Kier molecular flexibility index (Phi) is 4.16. The van der Waals surface area contributed by atoms with Crippen LogP contribution in [0, 0.1) is 17.0 Å². The van der Waals surface area contributed by atoms with Crippen LogP contribution in [0.3, 0.4) is 0 Å². The summed E-state index contributed by atoms with van der Waals surface area (Å²) >= 11 is 0. The first kappa shape index (κ1) is 17.1. The Morgan fingerprint density at radius 1 is 1.38 bits per heavy atom. The molecule has 134 valence electrons. The van der Waals surface area contributed by atoms with E-state index in [4.69, 9.17) is 4.42 Å². The zero-order valence-electron chi connectivity index (χ0n) is 13.9. The van der Waals surface area contributed by atoms with Crippen molar-refractivity contribution >= 4 is 22.6 Å². The SMILES string of the molecule is Cc1cc2[nH]c(=O)c(=O)n(CN(C)C(=O)c3ccco3)c2cc1[N+](=O)[O-]. The molecule has 3 aromatic rings. The van der Waals surface area contributed by atoms with Crippen molar-refractivity contribution in [2.45, 2.75) is 13.6 Å². The molecule has 0 fully saturated rings. The number of H-pyrrole nitrogens is 1. The first-order valence-electron chi connectivity index (χ1n) is 7.50. The zero-order valence-corrected chi connectivity index (χ0v) is 13.9. The van der Waals surface area contributed by atoms with Crippen LogP contribution in [0.5, 0.6) is 0 Å². The summed E-state index contributed by atoms with van der Waals surface area (Å²) in [6.45, 7) is 1.25. The van der Waals surface area contributed by atoms with Crippen molar-refractivity contribution in [3.8, 4) is 0 Å². The number of nitrogens with one attached hydrogen (secondary N) is 1. The van der Waals surface area contributed by atoms with Gasteiger partial charge in [0.05, 0.1) is 22.2 Å². The average molecular weight is 358 g/mol. The lowest BCUT2D eigenvalue weighted by molar-refractivity contribution is -0.385. The van der Waals surface area contributed by atoms with Gasteiger partial charge in [0, 0.05) is 18.7 Å². The van der Waals surface area contributed by atoms with Crippen LogP contribution < -0.4 is 11.1 Å². The molecule has 1 aromatic carbocycles. The number of hydrogen-bond donors (Lipinski definition) is 1. The highest BCUT2D eigenvalue weighted by Gasteiger charge is 2.19. The molecule has 0 atom stereocenters. The smallest absolute Gasteiger partial charge is 0.318 e. The molecule has 0 saturated carbocycles. The van der Waals surface area contributed by atoms with E-state index in [1.807, 2.05) is 0 Å². The molecule has 0 unspecified atom stereocenters. The number of nitro groups is 1. The predicted molar refractivity (Wildman–Crippen MR) is 91.0 cm³/mol. The maximum atomic E-state index is 12.3. The molecular weight excluding hydrogens is 344 g/mol. The highest BCUT2D eigenvalue weighted by atomic mass is 16.6. The zero-order chi connectivity index (χ0) is 19.0. The van der Waals surface area contributed by atoms with Gasteiger partial charge in [-0.2, -0.15) is 0 Å². The Balaban J connectivity index is 2.14. The molecule has 1 N–H and O–H groups in total. The quantitative estimate of drug-likeness (QED) is 0.424. The van der Waals surface area contributed by atoms with Crippen LogP contribution in [0.25, 0.3) is 11.0 Å². The van der Waals surface area contributed by atoms with Crippen LogP contribution in [0.2, 0.25) is 0 Å². The van der Waals surface area contributed by atoms with E-state index < -0.39 is 21.9 Å². The summed E-state index contributed by atoms with van der Waals surface area (Å²) in [4.78, 5) is 50.7. The molecule has 3 rings (SSSR count). The monoisotopic (exact) mass is 358 g/mol. The summed E-state index contributed by atoms with van der Waals surface area (Å²) in [6.07, 6.45) is 1.34. The van der Waals surface area contributed by atoms with E-state index in [1.54, 1.807) is 6.07 Å². The Morgan fingerprint density at radius 3 is 2.73 bits per heavy atom. The first-order chi connectivity index (χ1) is 12.3. The van der Waals surface area contributed by atoms with E-state index in [-0.39, 0.29) is 29.1 Å². The van der Waals surface area contributed by atoms with Gasteiger partial charge in [-0.25, -0.2) is 0 Å². The van der Waals surface area contributed by atoms with Crippen molar-refractivity contribution in [2.24, 2.45) is 0 Å². The van der Waals surface area contributed by atoms with Gasteiger partial charge in [-0.15, -0.1) is 0 Å². The van der Waals surface area contributed by atoms with E-state index in [0.29, 0.717) is 5.56 Å². The summed E-state index contributed by atoms with van der Waals surface area (Å²) < 4.78 is 6.04. The summed E-state index contributed by atoms with van der Waals surface area (Å²) in [6, 6.07) is 5.63. The number of rotatable bonds is 4. The van der Waals surface area contributed by atoms with Crippen LogP contribution in [0.1, 0.15) is 16.1 Å². The molecule has 0 saturated heterocycles. The molecular formula is C16H14N4O6. The Hall–Kier alpha value is -3.69. The van der Waals surface area contributed by atoms with Crippen LogP contribution in [-0.4, -0.2) is 32.3 Å². The van der Waals surface area contributed by atoms with Crippen molar-refractivity contribution < 1.29 is 14.1 Å². The van der Waals surface area contributed by atoms with Crippen molar-refractivity contribution in [2.75, 3.05) is 7.05 Å². The van der Waals surface area contributed by atoms with Crippen LogP contribution in [0.4, 0.5) is 5.69 Å². The number of hydrogen-bond acceptors (Lipinski definition) is 6. The van der Waals surface area contributed by atoms with E-state index in [0.717, 1.165) is 4.57 Å². The van der Waals surface area contributed by atoms with Gasteiger partial charge in [0.1, 0.15) is 6.67 Å². The van der Waals surface area contributed by atoms with E-state index >= 15 is 0 Å². The average Bonchev–Trinajstić information content (AvgIpc) is 3.12. The van der Waals surface area contributed by atoms with Crippen molar-refractivity contribution in [1.82, 2.24) is 14.5 Å². The summed E-state index contributed by atoms with van der Waals surface area (Å²) in [5.41, 5.74) is -1.26. The number of furan rings is 1. The third kappa shape index (κ3) is 2.88. The van der Waals surface area contributed by atoms with Crippen molar-refractivity contribution in [3.63, 3.8) is 0 Å². The summed E-state index contributed by atoms with van der Waals surface area (Å²) in [7, 11) is 1.42. The lowest BCUT2D eigenvalue weighted by Crippen LogP contribution is -2.41. The number of amides is 1. The van der Waals surface area contributed by atoms with Gasteiger partial charge in [0.2, 0.25) is 0 Å². The predicted octanol–water partition coefficient (Wildman–Crippen LogP) is 1.23. The second-order valence-electron chi connectivity index (χ2n) is 5.72. The van der Waals surface area contributed by atoms with Crippen molar-refractivity contribution in [1.29, 1.82) is 0 Å². The topological polar surface area (TPSA) is 131 Å². The van der Waals surface area contributed by atoms with Crippen molar-refractivity contribution in [3.05, 3.63) is 72.7 Å². The Morgan fingerprint density at radius 2 is 2.12 bits per heavy atom. The van der Waals surface area contributed by atoms with Gasteiger partial charge in [-0.1, -0.05) is 0 Å². The number of carbonyl (C=O) groups excluding carboxylic acids is 1. The second kappa shape index (κ2) is 6.31. The molecule has 10 heteroatoms. The number of fused-ring (bicyclic) bond motifs is 1. The van der Waals surface area contributed by atoms with Gasteiger partial charge in [0.15, 0.2) is 5.76 Å². The highest BCUT2D eigenvalue weighted by molar-refractivity contribution is 5.91. The summed E-state index contributed by atoms with van der Waals surface area (Å²) in [5.74, 6) is -0.437. The van der Waals surface area contributed by atoms with Crippen LogP contribution >= 0.6 is 0 Å². The number of aryl methyl sites for hydroxylation is 1. The van der Waals surface area contributed by atoms with Crippen LogP contribution in [-0.2, 0) is 6.67 Å². The maximum Gasteiger partial charge on any atom is 0.318 e. The molecule has 0 bridgehead atoms. The molecule has 0 aliphatic rings. The number of aromatic nitrogens is 2. The largest absolute Gasteiger partial charge is 0.459 e.